The minimum atomic E-state index is -0.741. The van der Waals surface area contributed by atoms with Crippen LogP contribution in [0.2, 0.25) is 0 Å². The standard InChI is InChI=1S/C32H38N8O4/c1-20-5-8-27(41)40(20)22-6-7-23-24-18-34-31(36-29(24)32(2,3)44-26(23)16-22)35-21-15-25-30(33-17-21)43-14-13-39(25)28(42)19-38-11-9-37(4)10-12-38/h6-7,15-18,20H,5,8-14,19H2,1-4H3,(H,34,35,36)/t20-/m1/s1. The Hall–Kier alpha value is -4.29. The van der Waals surface area contributed by atoms with E-state index < -0.39 is 5.60 Å². The molecule has 44 heavy (non-hydrogen) atoms. The molecular formula is C32H38N8O4. The molecule has 230 valence electrons. The fourth-order valence-electron chi connectivity index (χ4n) is 6.45. The molecule has 2 fully saturated rings. The molecule has 12 heteroatoms. The van der Waals surface area contributed by atoms with E-state index in [1.54, 1.807) is 17.3 Å². The second-order valence-electron chi connectivity index (χ2n) is 12.5. The van der Waals surface area contributed by atoms with Crippen LogP contribution in [0, 0.1) is 0 Å². The van der Waals surface area contributed by atoms with Crippen LogP contribution in [0.25, 0.3) is 11.1 Å². The van der Waals surface area contributed by atoms with Crippen LogP contribution >= 0.6 is 0 Å². The maximum atomic E-state index is 13.3. The number of hydrogen-bond acceptors (Lipinski definition) is 10. The molecule has 0 radical (unpaired) electrons. The normalized spacial score (nSPS) is 21.2. The number of likely N-dealkylation sites (N-methyl/N-ethyl adjacent to an activating group) is 1. The Morgan fingerprint density at radius 2 is 1.89 bits per heavy atom. The van der Waals surface area contributed by atoms with E-state index in [9.17, 15) is 9.59 Å². The Labute approximate surface area is 257 Å². The van der Waals surface area contributed by atoms with Gasteiger partial charge in [-0.1, -0.05) is 0 Å². The lowest BCUT2D eigenvalue weighted by molar-refractivity contribution is -0.120. The average Bonchev–Trinajstić information content (AvgIpc) is 3.35. The number of aromatic nitrogens is 3. The molecule has 2 amide bonds. The molecule has 0 unspecified atom stereocenters. The number of nitrogens with one attached hydrogen (secondary N) is 1. The Bertz CT molecular complexity index is 1620. The summed E-state index contributed by atoms with van der Waals surface area (Å²) in [6.45, 7) is 10.9. The maximum absolute atomic E-state index is 13.3. The zero-order valence-corrected chi connectivity index (χ0v) is 25.7. The lowest BCUT2D eigenvalue weighted by atomic mass is 9.91. The first-order chi connectivity index (χ1) is 21.2. The number of rotatable bonds is 5. The molecule has 1 N–H and O–H groups in total. The van der Waals surface area contributed by atoms with Crippen molar-refractivity contribution >= 4 is 34.8 Å². The summed E-state index contributed by atoms with van der Waals surface area (Å²) in [4.78, 5) is 48.0. The van der Waals surface area contributed by atoms with E-state index in [2.05, 4.69) is 39.1 Å². The van der Waals surface area contributed by atoms with Crippen LogP contribution in [-0.2, 0) is 15.2 Å². The molecule has 3 aromatic rings. The van der Waals surface area contributed by atoms with Gasteiger partial charge in [0.05, 0.1) is 30.7 Å². The van der Waals surface area contributed by atoms with Gasteiger partial charge in [0.2, 0.25) is 23.6 Å². The third kappa shape index (κ3) is 5.22. The molecule has 7 rings (SSSR count). The molecule has 0 spiro atoms. The maximum Gasteiger partial charge on any atom is 0.241 e. The first kappa shape index (κ1) is 28.5. The van der Waals surface area contributed by atoms with Crippen LogP contribution in [0.5, 0.6) is 11.6 Å². The van der Waals surface area contributed by atoms with Crippen molar-refractivity contribution in [3.63, 3.8) is 0 Å². The van der Waals surface area contributed by atoms with E-state index in [1.807, 2.05) is 43.0 Å². The number of ether oxygens (including phenoxy) is 2. The van der Waals surface area contributed by atoms with Crippen LogP contribution in [0.4, 0.5) is 23.0 Å². The number of benzene rings is 1. The number of carbonyl (C=O) groups excluding carboxylic acids is 2. The van der Waals surface area contributed by atoms with Crippen molar-refractivity contribution in [2.75, 3.05) is 68.0 Å². The second-order valence-corrected chi connectivity index (χ2v) is 12.5. The summed E-state index contributed by atoms with van der Waals surface area (Å²) < 4.78 is 12.2. The van der Waals surface area contributed by atoms with Crippen molar-refractivity contribution in [2.24, 2.45) is 0 Å². The largest absolute Gasteiger partial charge is 0.481 e. The summed E-state index contributed by atoms with van der Waals surface area (Å²) >= 11 is 0. The van der Waals surface area contributed by atoms with Crippen molar-refractivity contribution in [1.29, 1.82) is 0 Å². The predicted molar refractivity (Wildman–Crippen MR) is 167 cm³/mol. The highest BCUT2D eigenvalue weighted by molar-refractivity contribution is 5.97. The summed E-state index contributed by atoms with van der Waals surface area (Å²) in [7, 11) is 2.10. The molecular weight excluding hydrogens is 560 g/mol. The summed E-state index contributed by atoms with van der Waals surface area (Å²) in [5.41, 5.74) is 3.90. The van der Waals surface area contributed by atoms with Crippen LogP contribution in [0.3, 0.4) is 0 Å². The molecule has 1 atom stereocenters. The van der Waals surface area contributed by atoms with E-state index in [1.165, 1.54) is 0 Å². The third-order valence-electron chi connectivity index (χ3n) is 8.93. The summed E-state index contributed by atoms with van der Waals surface area (Å²) in [5, 5.41) is 3.27. The van der Waals surface area contributed by atoms with Gasteiger partial charge in [0.25, 0.3) is 0 Å². The fraction of sp³-hybridized carbons (Fsp3) is 0.469. The highest BCUT2D eigenvalue weighted by Gasteiger charge is 2.37. The summed E-state index contributed by atoms with van der Waals surface area (Å²) in [5.74, 6) is 1.71. The highest BCUT2D eigenvalue weighted by Crippen LogP contribution is 2.46. The third-order valence-corrected chi connectivity index (χ3v) is 8.93. The van der Waals surface area contributed by atoms with E-state index in [4.69, 9.17) is 14.5 Å². The Kier molecular flexibility index (Phi) is 7.13. The van der Waals surface area contributed by atoms with Crippen molar-refractivity contribution in [2.45, 2.75) is 45.3 Å². The van der Waals surface area contributed by atoms with Gasteiger partial charge in [0.15, 0.2) is 0 Å². The predicted octanol–water partition coefficient (Wildman–Crippen LogP) is 3.40. The van der Waals surface area contributed by atoms with Crippen molar-refractivity contribution in [1.82, 2.24) is 24.8 Å². The van der Waals surface area contributed by atoms with Gasteiger partial charge in [-0.05, 0) is 52.4 Å². The second kappa shape index (κ2) is 11.0. The van der Waals surface area contributed by atoms with E-state index >= 15 is 0 Å². The van der Waals surface area contributed by atoms with Crippen LogP contribution in [0.1, 0.15) is 39.3 Å². The summed E-state index contributed by atoms with van der Waals surface area (Å²) in [6, 6.07) is 7.92. The number of piperazine rings is 1. The van der Waals surface area contributed by atoms with Gasteiger partial charge in [-0.3, -0.25) is 14.5 Å². The molecule has 1 aromatic carbocycles. The van der Waals surface area contributed by atoms with Gasteiger partial charge >= 0.3 is 0 Å². The molecule has 2 saturated heterocycles. The van der Waals surface area contributed by atoms with E-state index in [0.29, 0.717) is 55.1 Å². The van der Waals surface area contributed by atoms with Gasteiger partial charge in [0, 0.05) is 67.7 Å². The molecule has 4 aliphatic rings. The number of fused-ring (bicyclic) bond motifs is 4. The first-order valence-corrected chi connectivity index (χ1v) is 15.3. The van der Waals surface area contributed by atoms with Crippen LogP contribution < -0.4 is 24.6 Å². The van der Waals surface area contributed by atoms with Gasteiger partial charge in [0.1, 0.15) is 23.6 Å². The number of hydrogen-bond donors (Lipinski definition) is 1. The monoisotopic (exact) mass is 598 g/mol. The summed E-state index contributed by atoms with van der Waals surface area (Å²) in [6.07, 6.45) is 4.88. The van der Waals surface area contributed by atoms with E-state index in [-0.39, 0.29) is 17.9 Å². The zero-order chi connectivity index (χ0) is 30.6. The lowest BCUT2D eigenvalue weighted by Gasteiger charge is -2.35. The zero-order valence-electron chi connectivity index (χ0n) is 25.7. The molecule has 12 nitrogen and oxygen atoms in total. The lowest BCUT2D eigenvalue weighted by Crippen LogP contribution is -2.50. The number of nitrogens with zero attached hydrogens (tertiary/aromatic N) is 7. The quantitative estimate of drug-likeness (QED) is 0.469. The Morgan fingerprint density at radius 3 is 2.66 bits per heavy atom. The molecule has 0 saturated carbocycles. The van der Waals surface area contributed by atoms with Crippen molar-refractivity contribution in [3.05, 3.63) is 42.4 Å². The first-order valence-electron chi connectivity index (χ1n) is 15.3. The molecule has 4 aliphatic heterocycles. The molecule has 6 heterocycles. The van der Waals surface area contributed by atoms with Gasteiger partial charge in [-0.15, -0.1) is 0 Å². The Balaban J connectivity index is 1.13. The molecule has 2 aromatic heterocycles. The topological polar surface area (TPSA) is 116 Å². The van der Waals surface area contributed by atoms with Crippen LogP contribution in [0.15, 0.2) is 36.7 Å². The van der Waals surface area contributed by atoms with Crippen molar-refractivity contribution in [3.8, 4) is 22.8 Å². The SMILES string of the molecule is C[C@@H]1CCC(=O)N1c1ccc2c(c1)OC(C)(C)c1nc(Nc3cnc4c(c3)N(C(=O)CN3CCN(C)CC3)CCO4)ncc1-2. The average molecular weight is 599 g/mol. The van der Waals surface area contributed by atoms with E-state index in [0.717, 1.165) is 55.1 Å². The van der Waals surface area contributed by atoms with Gasteiger partial charge < -0.3 is 29.5 Å². The molecule has 0 bridgehead atoms. The number of amides is 2. The van der Waals surface area contributed by atoms with Crippen LogP contribution in [-0.4, -0.2) is 95.5 Å². The van der Waals surface area contributed by atoms with Crippen molar-refractivity contribution < 1.29 is 19.1 Å². The Morgan fingerprint density at radius 1 is 1.07 bits per heavy atom. The smallest absolute Gasteiger partial charge is 0.241 e. The number of carbonyl (C=O) groups is 2. The number of anilines is 4. The number of pyridine rings is 1. The van der Waals surface area contributed by atoms with Gasteiger partial charge in [-0.2, -0.15) is 0 Å². The highest BCUT2D eigenvalue weighted by atomic mass is 16.5. The molecule has 0 aliphatic carbocycles. The fourth-order valence-corrected chi connectivity index (χ4v) is 6.45. The minimum absolute atomic E-state index is 0.0346. The van der Waals surface area contributed by atoms with Gasteiger partial charge in [-0.25, -0.2) is 15.0 Å². The minimum Gasteiger partial charge on any atom is -0.481 e.